The van der Waals surface area contributed by atoms with Gasteiger partial charge in [-0.2, -0.15) is 0 Å². The molecule has 0 spiro atoms. The van der Waals surface area contributed by atoms with E-state index < -0.39 is 0 Å². The first kappa shape index (κ1) is 15.9. The Kier molecular flexibility index (Phi) is 5.42. The lowest BCUT2D eigenvalue weighted by molar-refractivity contribution is 0.340. The van der Waals surface area contributed by atoms with E-state index in [0.717, 1.165) is 17.9 Å². The van der Waals surface area contributed by atoms with Gasteiger partial charge in [-0.05, 0) is 48.7 Å². The number of ether oxygens (including phenoxy) is 1. The molecule has 0 amide bonds. The zero-order chi connectivity index (χ0) is 15.9. The Morgan fingerprint density at radius 3 is 2.36 bits per heavy atom. The third-order valence-electron chi connectivity index (χ3n) is 3.53. The maximum atomic E-state index is 5.50. The summed E-state index contributed by atoms with van der Waals surface area (Å²) in [5, 5.41) is 0. The summed E-state index contributed by atoms with van der Waals surface area (Å²) in [5.74, 6) is 1.28. The van der Waals surface area contributed by atoms with Gasteiger partial charge in [0.1, 0.15) is 5.75 Å². The average Bonchev–Trinajstić information content (AvgIpc) is 2.50. The van der Waals surface area contributed by atoms with Gasteiger partial charge < -0.3 is 16.2 Å². The van der Waals surface area contributed by atoms with Crippen molar-refractivity contribution in [2.45, 2.75) is 26.2 Å². The predicted octanol–water partition coefficient (Wildman–Crippen LogP) is 3.53. The first-order chi connectivity index (χ1) is 10.6. The van der Waals surface area contributed by atoms with E-state index >= 15 is 0 Å². The fourth-order valence-corrected chi connectivity index (χ4v) is 2.59. The second-order valence-electron chi connectivity index (χ2n) is 5.09. The van der Waals surface area contributed by atoms with Gasteiger partial charge in [0.25, 0.3) is 0 Å². The van der Waals surface area contributed by atoms with Gasteiger partial charge in [-0.25, -0.2) is 4.99 Å². The molecule has 0 bridgehead atoms. The van der Waals surface area contributed by atoms with E-state index in [0.29, 0.717) is 12.5 Å². The van der Waals surface area contributed by atoms with Crippen molar-refractivity contribution < 1.29 is 4.74 Å². The number of guanidine groups is 1. The lowest BCUT2D eigenvalue weighted by atomic mass is 9.89. The van der Waals surface area contributed by atoms with Gasteiger partial charge in [0, 0.05) is 5.92 Å². The van der Waals surface area contributed by atoms with Crippen molar-refractivity contribution in [1.82, 2.24) is 0 Å². The Bertz CT molecular complexity index is 631. The second-order valence-corrected chi connectivity index (χ2v) is 5.09. The quantitative estimate of drug-likeness (QED) is 0.632. The van der Waals surface area contributed by atoms with E-state index in [1.165, 1.54) is 11.1 Å². The lowest BCUT2D eigenvalue weighted by Crippen LogP contribution is -2.21. The van der Waals surface area contributed by atoms with Crippen molar-refractivity contribution in [2.75, 3.05) is 6.61 Å². The van der Waals surface area contributed by atoms with E-state index in [1.54, 1.807) is 0 Å². The monoisotopic (exact) mass is 297 g/mol. The Morgan fingerprint density at radius 1 is 1.05 bits per heavy atom. The summed E-state index contributed by atoms with van der Waals surface area (Å²) >= 11 is 0. The van der Waals surface area contributed by atoms with Gasteiger partial charge in [-0.15, -0.1) is 0 Å². The summed E-state index contributed by atoms with van der Waals surface area (Å²) in [6, 6.07) is 16.3. The highest BCUT2D eigenvalue weighted by Crippen LogP contribution is 2.31. The van der Waals surface area contributed by atoms with Gasteiger partial charge in [0.15, 0.2) is 5.96 Å². The van der Waals surface area contributed by atoms with Crippen LogP contribution in [0.2, 0.25) is 0 Å². The Hall–Kier alpha value is -2.49. The molecule has 0 aromatic heterocycles. The van der Waals surface area contributed by atoms with Crippen molar-refractivity contribution in [3.63, 3.8) is 0 Å². The summed E-state index contributed by atoms with van der Waals surface area (Å²) < 4.78 is 5.50. The topological polar surface area (TPSA) is 73.6 Å². The van der Waals surface area contributed by atoms with Crippen LogP contribution in [-0.4, -0.2) is 12.6 Å². The van der Waals surface area contributed by atoms with Crippen LogP contribution in [0.4, 0.5) is 5.69 Å². The van der Waals surface area contributed by atoms with Crippen LogP contribution in [0.25, 0.3) is 0 Å². The highest BCUT2D eigenvalue weighted by Gasteiger charge is 2.12. The van der Waals surface area contributed by atoms with Crippen molar-refractivity contribution in [1.29, 1.82) is 0 Å². The van der Waals surface area contributed by atoms with Crippen LogP contribution in [0, 0.1) is 0 Å². The van der Waals surface area contributed by atoms with Crippen LogP contribution < -0.4 is 16.2 Å². The van der Waals surface area contributed by atoms with Crippen molar-refractivity contribution in [3.05, 3.63) is 59.7 Å². The minimum absolute atomic E-state index is 0.0752. The fraction of sp³-hybridized carbons (Fsp3) is 0.278. The summed E-state index contributed by atoms with van der Waals surface area (Å²) in [4.78, 5) is 4.12. The SMILES string of the molecule is CCOc1ccc(C(CC)c2cccc(N=C(N)N)c2)cc1. The predicted molar refractivity (Wildman–Crippen MR) is 91.7 cm³/mol. The van der Waals surface area contributed by atoms with Gasteiger partial charge in [0.2, 0.25) is 0 Å². The molecule has 116 valence electrons. The molecule has 4 N–H and O–H groups in total. The molecule has 4 heteroatoms. The maximum Gasteiger partial charge on any atom is 0.191 e. The molecule has 22 heavy (non-hydrogen) atoms. The first-order valence-corrected chi connectivity index (χ1v) is 7.56. The zero-order valence-corrected chi connectivity index (χ0v) is 13.1. The van der Waals surface area contributed by atoms with Crippen molar-refractivity contribution >= 4 is 11.6 Å². The van der Waals surface area contributed by atoms with Crippen LogP contribution in [-0.2, 0) is 0 Å². The molecular weight excluding hydrogens is 274 g/mol. The molecule has 0 aliphatic carbocycles. The van der Waals surface area contributed by atoms with E-state index in [2.05, 4.69) is 30.1 Å². The number of rotatable bonds is 6. The Balaban J connectivity index is 2.29. The summed E-state index contributed by atoms with van der Waals surface area (Å²) in [6.45, 7) is 4.84. The molecule has 1 atom stereocenters. The lowest BCUT2D eigenvalue weighted by Gasteiger charge is -2.17. The van der Waals surface area contributed by atoms with Crippen LogP contribution in [0.5, 0.6) is 5.75 Å². The van der Waals surface area contributed by atoms with E-state index in [4.69, 9.17) is 16.2 Å². The molecule has 0 aliphatic heterocycles. The third-order valence-corrected chi connectivity index (χ3v) is 3.53. The maximum absolute atomic E-state index is 5.50. The van der Waals surface area contributed by atoms with Crippen LogP contribution in [0.15, 0.2) is 53.5 Å². The number of hydrogen-bond acceptors (Lipinski definition) is 2. The van der Waals surface area contributed by atoms with E-state index in [-0.39, 0.29) is 5.96 Å². The average molecular weight is 297 g/mol. The Morgan fingerprint density at radius 2 is 1.77 bits per heavy atom. The molecule has 1 unspecified atom stereocenters. The molecule has 0 saturated heterocycles. The molecular formula is C18H23N3O. The van der Waals surface area contributed by atoms with Crippen molar-refractivity contribution in [2.24, 2.45) is 16.5 Å². The van der Waals surface area contributed by atoms with E-state index in [9.17, 15) is 0 Å². The molecule has 2 aromatic rings. The number of benzene rings is 2. The first-order valence-electron chi connectivity index (χ1n) is 7.56. The highest BCUT2D eigenvalue weighted by molar-refractivity contribution is 5.79. The molecule has 0 radical (unpaired) electrons. The molecule has 0 saturated carbocycles. The van der Waals surface area contributed by atoms with Crippen LogP contribution in [0.3, 0.4) is 0 Å². The number of nitrogens with two attached hydrogens (primary N) is 2. The largest absolute Gasteiger partial charge is 0.494 e. The smallest absolute Gasteiger partial charge is 0.191 e. The van der Waals surface area contributed by atoms with Gasteiger partial charge in [-0.3, -0.25) is 0 Å². The molecule has 0 fully saturated rings. The van der Waals surface area contributed by atoms with Gasteiger partial charge in [-0.1, -0.05) is 31.2 Å². The summed E-state index contributed by atoms with van der Waals surface area (Å²) in [7, 11) is 0. The normalized spacial score (nSPS) is 11.7. The van der Waals surface area contributed by atoms with E-state index in [1.807, 2.05) is 37.3 Å². The van der Waals surface area contributed by atoms with Gasteiger partial charge >= 0.3 is 0 Å². The molecule has 4 nitrogen and oxygen atoms in total. The summed E-state index contributed by atoms with van der Waals surface area (Å²) in [5.41, 5.74) is 14.1. The highest BCUT2D eigenvalue weighted by atomic mass is 16.5. The minimum atomic E-state index is 0.0752. The number of nitrogens with zero attached hydrogens (tertiary/aromatic N) is 1. The number of aliphatic imine (C=N–C) groups is 1. The Labute approximate surface area is 131 Å². The second kappa shape index (κ2) is 7.50. The molecule has 0 aliphatic rings. The van der Waals surface area contributed by atoms with Crippen LogP contribution in [0.1, 0.15) is 37.3 Å². The van der Waals surface area contributed by atoms with Crippen LogP contribution >= 0.6 is 0 Å². The van der Waals surface area contributed by atoms with Gasteiger partial charge in [0.05, 0.1) is 12.3 Å². The zero-order valence-electron chi connectivity index (χ0n) is 13.1. The fourth-order valence-electron chi connectivity index (χ4n) is 2.59. The van der Waals surface area contributed by atoms with Crippen molar-refractivity contribution in [3.8, 4) is 5.75 Å². The molecule has 2 rings (SSSR count). The molecule has 2 aromatic carbocycles. The number of hydrogen-bond donors (Lipinski definition) is 2. The molecule has 0 heterocycles. The minimum Gasteiger partial charge on any atom is -0.494 e. The summed E-state index contributed by atoms with van der Waals surface area (Å²) in [6.07, 6.45) is 0.999. The third kappa shape index (κ3) is 4.01. The standard InChI is InChI=1S/C18H23N3O/c1-3-17(13-8-10-16(11-9-13)22-4-2)14-6-5-7-15(12-14)21-18(19)20/h5-12,17H,3-4H2,1-2H3,(H4,19,20,21).